The van der Waals surface area contributed by atoms with Crippen LogP contribution < -0.4 is 5.32 Å². The highest BCUT2D eigenvalue weighted by molar-refractivity contribution is 9.10. The number of amides is 1. The third kappa shape index (κ3) is 5.35. The number of rotatable bonds is 8. The van der Waals surface area contributed by atoms with Crippen LogP contribution in [-0.4, -0.2) is 40.1 Å². The van der Waals surface area contributed by atoms with Gasteiger partial charge < -0.3 is 10.1 Å². The quantitative estimate of drug-likeness (QED) is 0.471. The minimum absolute atomic E-state index is 0.170. The van der Waals surface area contributed by atoms with Gasteiger partial charge in [0.25, 0.3) is 0 Å². The molecule has 0 fully saturated rings. The first-order valence-corrected chi connectivity index (χ1v) is 10.6. The lowest BCUT2D eigenvalue weighted by atomic mass is 10.2. The first kappa shape index (κ1) is 20.9. The van der Waals surface area contributed by atoms with Gasteiger partial charge in [-0.3, -0.25) is 9.36 Å². The minimum Gasteiger partial charge on any atom is -0.383 e. The van der Waals surface area contributed by atoms with E-state index in [0.717, 1.165) is 15.9 Å². The number of carbonyl (C=O) groups is 1. The van der Waals surface area contributed by atoms with Gasteiger partial charge in [-0.15, -0.1) is 10.2 Å². The van der Waals surface area contributed by atoms with Crippen LogP contribution in [0.5, 0.6) is 0 Å². The molecule has 3 rings (SSSR count). The Hall–Kier alpha value is -1.87. The topological polar surface area (TPSA) is 69.0 Å². The van der Waals surface area contributed by atoms with E-state index in [0.29, 0.717) is 29.0 Å². The van der Waals surface area contributed by atoms with E-state index in [1.54, 1.807) is 19.2 Å². The third-order valence-electron chi connectivity index (χ3n) is 3.81. The Bertz CT molecular complexity index is 952. The van der Waals surface area contributed by atoms with Gasteiger partial charge in [-0.1, -0.05) is 69.6 Å². The lowest BCUT2D eigenvalue weighted by Gasteiger charge is -2.10. The van der Waals surface area contributed by atoms with Crippen molar-refractivity contribution >= 4 is 50.9 Å². The number of benzene rings is 2. The average molecular weight is 482 g/mol. The third-order valence-corrected chi connectivity index (χ3v) is 5.58. The summed E-state index contributed by atoms with van der Waals surface area (Å²) < 4.78 is 8.02. The highest BCUT2D eigenvalue weighted by Crippen LogP contribution is 2.27. The molecule has 0 spiro atoms. The molecule has 0 aliphatic rings. The molecule has 9 heteroatoms. The second kappa shape index (κ2) is 10.1. The van der Waals surface area contributed by atoms with Gasteiger partial charge >= 0.3 is 0 Å². The van der Waals surface area contributed by atoms with Gasteiger partial charge in [-0.05, 0) is 18.2 Å². The molecule has 1 aromatic heterocycles. The maximum absolute atomic E-state index is 12.3. The van der Waals surface area contributed by atoms with E-state index in [-0.39, 0.29) is 11.7 Å². The van der Waals surface area contributed by atoms with Crippen molar-refractivity contribution in [2.24, 2.45) is 0 Å². The largest absolute Gasteiger partial charge is 0.383 e. The van der Waals surface area contributed by atoms with Gasteiger partial charge in [-0.2, -0.15) is 0 Å². The molecule has 0 aliphatic carbocycles. The number of anilines is 1. The molecule has 146 valence electrons. The minimum atomic E-state index is -0.170. The Morgan fingerprint density at radius 1 is 1.25 bits per heavy atom. The fourth-order valence-electron chi connectivity index (χ4n) is 2.49. The van der Waals surface area contributed by atoms with Gasteiger partial charge in [0.05, 0.1) is 29.6 Å². The van der Waals surface area contributed by atoms with Crippen molar-refractivity contribution in [3.63, 3.8) is 0 Å². The van der Waals surface area contributed by atoms with E-state index in [4.69, 9.17) is 16.3 Å². The van der Waals surface area contributed by atoms with Gasteiger partial charge in [0, 0.05) is 17.1 Å². The van der Waals surface area contributed by atoms with Crippen LogP contribution >= 0.6 is 39.3 Å². The summed E-state index contributed by atoms with van der Waals surface area (Å²) in [4.78, 5) is 12.3. The summed E-state index contributed by atoms with van der Waals surface area (Å²) in [6.07, 6.45) is 0. The molecule has 0 radical (unpaired) electrons. The fourth-order valence-corrected chi connectivity index (χ4v) is 3.97. The van der Waals surface area contributed by atoms with Crippen molar-refractivity contribution in [1.82, 2.24) is 14.8 Å². The molecule has 0 aliphatic heterocycles. The summed E-state index contributed by atoms with van der Waals surface area (Å²) in [7, 11) is 1.65. The molecule has 2 aromatic carbocycles. The monoisotopic (exact) mass is 480 g/mol. The van der Waals surface area contributed by atoms with E-state index in [2.05, 4.69) is 31.4 Å². The molecule has 0 unspecified atom stereocenters. The number of nitrogens with one attached hydrogen (secondary N) is 1. The fraction of sp³-hybridized carbons (Fsp3) is 0.211. The standard InChI is InChI=1S/C19H18BrClN4O2S/c1-27-10-9-25-18(13-5-3-2-4-6-13)23-24-19(25)28-12-17(26)22-16-8-7-14(20)11-15(16)21/h2-8,11H,9-10,12H2,1H3,(H,22,26). The van der Waals surface area contributed by atoms with Crippen molar-refractivity contribution in [3.8, 4) is 11.4 Å². The SMILES string of the molecule is COCCn1c(SCC(=O)Nc2ccc(Br)cc2Cl)nnc1-c1ccccc1. The molecular formula is C19H18BrClN4O2S. The zero-order chi connectivity index (χ0) is 19.9. The molecule has 1 heterocycles. The van der Waals surface area contributed by atoms with Gasteiger partial charge in [0.2, 0.25) is 5.91 Å². The van der Waals surface area contributed by atoms with Crippen LogP contribution in [0.2, 0.25) is 5.02 Å². The predicted molar refractivity (Wildman–Crippen MR) is 116 cm³/mol. The first-order valence-electron chi connectivity index (χ1n) is 8.43. The summed E-state index contributed by atoms with van der Waals surface area (Å²) in [6.45, 7) is 1.11. The van der Waals surface area contributed by atoms with Crippen molar-refractivity contribution in [2.75, 3.05) is 24.8 Å². The highest BCUT2D eigenvalue weighted by Gasteiger charge is 2.16. The number of hydrogen-bond donors (Lipinski definition) is 1. The number of ether oxygens (including phenoxy) is 1. The van der Waals surface area contributed by atoms with Crippen molar-refractivity contribution in [2.45, 2.75) is 11.7 Å². The second-order valence-electron chi connectivity index (χ2n) is 5.78. The summed E-state index contributed by atoms with van der Waals surface area (Å²) in [5.41, 5.74) is 1.53. The molecule has 0 atom stereocenters. The lowest BCUT2D eigenvalue weighted by Crippen LogP contribution is -2.15. The van der Waals surface area contributed by atoms with Crippen LogP contribution in [0, 0.1) is 0 Å². The van der Waals surface area contributed by atoms with Crippen LogP contribution in [0.25, 0.3) is 11.4 Å². The highest BCUT2D eigenvalue weighted by atomic mass is 79.9. The van der Waals surface area contributed by atoms with Crippen LogP contribution in [-0.2, 0) is 16.1 Å². The van der Waals surface area contributed by atoms with Crippen LogP contribution in [0.3, 0.4) is 0 Å². The molecule has 0 saturated carbocycles. The van der Waals surface area contributed by atoms with E-state index in [1.807, 2.05) is 41.0 Å². The number of hydrogen-bond acceptors (Lipinski definition) is 5. The Kier molecular flexibility index (Phi) is 7.50. The summed E-state index contributed by atoms with van der Waals surface area (Å²) in [5, 5.41) is 12.5. The lowest BCUT2D eigenvalue weighted by molar-refractivity contribution is -0.113. The molecule has 3 aromatic rings. The Morgan fingerprint density at radius 2 is 2.04 bits per heavy atom. The number of aromatic nitrogens is 3. The second-order valence-corrected chi connectivity index (χ2v) is 8.04. The van der Waals surface area contributed by atoms with Gasteiger partial charge in [-0.25, -0.2) is 0 Å². The van der Waals surface area contributed by atoms with Crippen LogP contribution in [0.1, 0.15) is 0 Å². The summed E-state index contributed by atoms with van der Waals surface area (Å²) in [6, 6.07) is 15.1. The van der Waals surface area contributed by atoms with Crippen molar-refractivity contribution < 1.29 is 9.53 Å². The summed E-state index contributed by atoms with van der Waals surface area (Å²) in [5.74, 6) is 0.764. The van der Waals surface area contributed by atoms with Crippen molar-refractivity contribution in [1.29, 1.82) is 0 Å². The number of thioether (sulfide) groups is 1. The van der Waals surface area contributed by atoms with Gasteiger partial charge in [0.1, 0.15) is 0 Å². The van der Waals surface area contributed by atoms with E-state index in [1.165, 1.54) is 11.8 Å². The number of halogens is 2. The number of methoxy groups -OCH3 is 1. The van der Waals surface area contributed by atoms with E-state index >= 15 is 0 Å². The molecule has 0 bridgehead atoms. The number of nitrogens with zero attached hydrogens (tertiary/aromatic N) is 3. The van der Waals surface area contributed by atoms with Crippen molar-refractivity contribution in [3.05, 3.63) is 58.0 Å². The zero-order valence-electron chi connectivity index (χ0n) is 15.1. The Labute approximate surface area is 180 Å². The molecule has 28 heavy (non-hydrogen) atoms. The normalized spacial score (nSPS) is 10.8. The molecule has 1 amide bonds. The molecule has 0 saturated heterocycles. The Balaban J connectivity index is 1.71. The maximum atomic E-state index is 12.3. The average Bonchev–Trinajstić information content (AvgIpc) is 3.10. The maximum Gasteiger partial charge on any atom is 0.234 e. The zero-order valence-corrected chi connectivity index (χ0v) is 18.2. The van der Waals surface area contributed by atoms with Crippen LogP contribution in [0.15, 0.2) is 58.2 Å². The van der Waals surface area contributed by atoms with E-state index in [9.17, 15) is 4.79 Å². The van der Waals surface area contributed by atoms with Gasteiger partial charge in [0.15, 0.2) is 11.0 Å². The Morgan fingerprint density at radius 3 is 2.75 bits per heavy atom. The van der Waals surface area contributed by atoms with E-state index < -0.39 is 0 Å². The molecule has 1 N–H and O–H groups in total. The predicted octanol–water partition coefficient (Wildman–Crippen LogP) is 4.74. The summed E-state index contributed by atoms with van der Waals surface area (Å²) >= 11 is 10.8. The molecular weight excluding hydrogens is 464 g/mol. The smallest absolute Gasteiger partial charge is 0.234 e. The number of carbonyl (C=O) groups excluding carboxylic acids is 1. The van der Waals surface area contributed by atoms with Crippen LogP contribution in [0.4, 0.5) is 5.69 Å². The first-order chi connectivity index (χ1) is 13.6. The molecule has 6 nitrogen and oxygen atoms in total.